The first-order valence-electron chi connectivity index (χ1n) is 10.7. The first-order valence-corrected chi connectivity index (χ1v) is 12.2. The van der Waals surface area contributed by atoms with Gasteiger partial charge in [0.1, 0.15) is 5.75 Å². The van der Waals surface area contributed by atoms with Crippen LogP contribution >= 0.6 is 10.8 Å². The molecule has 1 saturated carbocycles. The Bertz CT molecular complexity index is 823. The van der Waals surface area contributed by atoms with Crippen LogP contribution in [-0.2, 0) is 9.59 Å². The molecule has 8 nitrogen and oxygen atoms in total. The summed E-state index contributed by atoms with van der Waals surface area (Å²) in [7, 11) is -3.21. The second-order valence-corrected chi connectivity index (χ2v) is 10.5. The van der Waals surface area contributed by atoms with Crippen LogP contribution in [0.2, 0.25) is 0 Å². The molecule has 1 saturated heterocycles. The Labute approximate surface area is 180 Å². The summed E-state index contributed by atoms with van der Waals surface area (Å²) in [6.07, 6.45) is 6.63. The molecule has 2 heterocycles. The van der Waals surface area contributed by atoms with Gasteiger partial charge in [-0.2, -0.15) is 4.31 Å². The van der Waals surface area contributed by atoms with Gasteiger partial charge in [0.2, 0.25) is 5.91 Å². The number of aryl methyl sites for hydroxylation is 1. The highest BCUT2D eigenvalue weighted by Crippen LogP contribution is 2.55. The molecule has 0 bridgehead atoms. The van der Waals surface area contributed by atoms with Crippen LogP contribution in [0.4, 0.5) is 5.69 Å². The van der Waals surface area contributed by atoms with Gasteiger partial charge in [-0.3, -0.25) is 18.7 Å². The lowest BCUT2D eigenvalue weighted by Gasteiger charge is -2.47. The van der Waals surface area contributed by atoms with E-state index in [1.807, 2.05) is 4.90 Å². The molecular formula is C21H33N3O5S. The summed E-state index contributed by atoms with van der Waals surface area (Å²) in [5.41, 5.74) is 1.22. The van der Waals surface area contributed by atoms with Gasteiger partial charge in [-0.05, 0) is 30.9 Å². The van der Waals surface area contributed by atoms with Crippen LogP contribution in [0.1, 0.15) is 45.5 Å². The van der Waals surface area contributed by atoms with Gasteiger partial charge in [-0.25, -0.2) is 0 Å². The van der Waals surface area contributed by atoms with Crippen molar-refractivity contribution in [2.45, 2.75) is 50.3 Å². The van der Waals surface area contributed by atoms with Crippen molar-refractivity contribution in [2.24, 2.45) is 5.92 Å². The number of ether oxygens (including phenoxy) is 1. The molecule has 168 valence electrons. The Kier molecular flexibility index (Phi) is 6.24. The van der Waals surface area contributed by atoms with Gasteiger partial charge >= 0.3 is 0 Å². The van der Waals surface area contributed by atoms with Gasteiger partial charge in [0.25, 0.3) is 5.91 Å². The third-order valence-electron chi connectivity index (χ3n) is 6.40. The predicted octanol–water partition coefficient (Wildman–Crippen LogP) is 3.71. The highest BCUT2D eigenvalue weighted by Gasteiger charge is 2.33. The van der Waals surface area contributed by atoms with Crippen LogP contribution in [-0.4, -0.2) is 62.9 Å². The quantitative estimate of drug-likeness (QED) is 0.646. The predicted molar refractivity (Wildman–Crippen MR) is 118 cm³/mol. The highest BCUT2D eigenvalue weighted by molar-refractivity contribution is 8.22. The molecule has 4 rings (SSSR count). The number of fused-ring (bicyclic) bond motifs is 1. The van der Waals surface area contributed by atoms with E-state index in [1.165, 1.54) is 25.7 Å². The van der Waals surface area contributed by atoms with Gasteiger partial charge < -0.3 is 15.0 Å². The number of carbonyl (C=O) groups is 2. The van der Waals surface area contributed by atoms with Crippen molar-refractivity contribution in [3.05, 3.63) is 17.7 Å². The van der Waals surface area contributed by atoms with E-state index in [1.54, 1.807) is 23.4 Å². The van der Waals surface area contributed by atoms with E-state index in [4.69, 9.17) is 4.74 Å². The molecule has 1 aromatic carbocycles. The van der Waals surface area contributed by atoms with Crippen molar-refractivity contribution < 1.29 is 24.9 Å². The van der Waals surface area contributed by atoms with Crippen molar-refractivity contribution >= 4 is 28.3 Å². The van der Waals surface area contributed by atoms with Crippen molar-refractivity contribution in [1.82, 2.24) is 9.21 Å². The molecule has 0 unspecified atom stereocenters. The van der Waals surface area contributed by atoms with Gasteiger partial charge in [-0.15, -0.1) is 10.8 Å². The third-order valence-corrected chi connectivity index (χ3v) is 8.51. The molecule has 1 aromatic rings. The highest BCUT2D eigenvalue weighted by atomic mass is 32.3. The number of nitrogens with zero attached hydrogens (tertiary/aromatic N) is 2. The fourth-order valence-electron chi connectivity index (χ4n) is 4.63. The summed E-state index contributed by atoms with van der Waals surface area (Å²) >= 11 is 0. The van der Waals surface area contributed by atoms with E-state index < -0.39 is 10.8 Å². The minimum atomic E-state index is -3.21. The Morgan fingerprint density at radius 3 is 2.63 bits per heavy atom. The molecule has 3 aliphatic rings. The lowest BCUT2D eigenvalue weighted by molar-refractivity contribution is -0.132. The number of carbonyl (C=O) groups excluding carboxylic acids is 2. The molecule has 0 spiro atoms. The van der Waals surface area contributed by atoms with Crippen molar-refractivity contribution in [3.8, 4) is 5.75 Å². The van der Waals surface area contributed by atoms with Gasteiger partial charge in [0, 0.05) is 40.1 Å². The fourth-order valence-corrected chi connectivity index (χ4v) is 6.33. The molecule has 2 aliphatic heterocycles. The van der Waals surface area contributed by atoms with Gasteiger partial charge in [-0.1, -0.05) is 25.7 Å². The molecule has 30 heavy (non-hydrogen) atoms. The summed E-state index contributed by atoms with van der Waals surface area (Å²) in [6, 6.07) is 3.32. The average molecular weight is 440 g/mol. The maximum absolute atomic E-state index is 12.6. The summed E-state index contributed by atoms with van der Waals surface area (Å²) < 4.78 is 29.2. The first kappa shape index (κ1) is 21.4. The number of amides is 2. The number of nitrogens with one attached hydrogen (secondary N) is 1. The molecule has 2 amide bonds. The van der Waals surface area contributed by atoms with Crippen LogP contribution < -0.4 is 10.1 Å². The smallest absolute Gasteiger partial charge is 0.262 e. The molecule has 1 aliphatic carbocycles. The van der Waals surface area contributed by atoms with Crippen molar-refractivity contribution in [2.75, 3.05) is 38.1 Å². The Hall–Kier alpha value is -1.81. The van der Waals surface area contributed by atoms with Crippen LogP contribution in [0, 0.1) is 12.8 Å². The monoisotopic (exact) mass is 439 g/mol. The molecule has 0 aromatic heterocycles. The number of anilines is 1. The van der Waals surface area contributed by atoms with E-state index in [2.05, 4.69) is 5.32 Å². The Morgan fingerprint density at radius 2 is 1.93 bits per heavy atom. The zero-order chi connectivity index (χ0) is 21.3. The Balaban J connectivity index is 0.00000272. The number of hydrogen-bond acceptors (Lipinski definition) is 6. The number of rotatable bonds is 5. The molecule has 0 atom stereocenters. The minimum absolute atomic E-state index is 0. The third kappa shape index (κ3) is 4.44. The zero-order valence-corrected chi connectivity index (χ0v) is 18.2. The lowest BCUT2D eigenvalue weighted by atomic mass is 10.0. The topological polar surface area (TPSA) is 102 Å². The summed E-state index contributed by atoms with van der Waals surface area (Å²) in [6.45, 7) is 3.51. The van der Waals surface area contributed by atoms with E-state index in [0.717, 1.165) is 6.42 Å². The largest absolute Gasteiger partial charge is 0.482 e. The van der Waals surface area contributed by atoms with Crippen molar-refractivity contribution in [3.63, 3.8) is 0 Å². The maximum Gasteiger partial charge on any atom is 0.262 e. The normalized spacial score (nSPS) is 21.2. The summed E-state index contributed by atoms with van der Waals surface area (Å²) in [5.74, 6) is 1.08. The minimum Gasteiger partial charge on any atom is -0.482 e. The fraction of sp³-hybridized carbons (Fsp3) is 0.619. The molecule has 3 N–H and O–H groups in total. The molecule has 2 fully saturated rings. The van der Waals surface area contributed by atoms with Crippen LogP contribution in [0.5, 0.6) is 5.75 Å². The van der Waals surface area contributed by atoms with Gasteiger partial charge in [0.05, 0.1) is 10.6 Å². The number of benzene rings is 1. The number of piperazine rings is 1. The lowest BCUT2D eigenvalue weighted by Crippen LogP contribution is -2.49. The van der Waals surface area contributed by atoms with E-state index >= 15 is 0 Å². The second kappa shape index (κ2) is 8.74. The van der Waals surface area contributed by atoms with E-state index in [9.17, 15) is 18.7 Å². The van der Waals surface area contributed by atoms with Gasteiger partial charge in [0.15, 0.2) is 6.61 Å². The van der Waals surface area contributed by atoms with Crippen LogP contribution in [0.15, 0.2) is 17.0 Å². The van der Waals surface area contributed by atoms with Crippen LogP contribution in [0.3, 0.4) is 0 Å². The number of hydrogen-bond donors (Lipinski definition) is 3. The molecular weight excluding hydrogens is 406 g/mol. The molecule has 0 radical (unpaired) electrons. The Morgan fingerprint density at radius 1 is 1.23 bits per heavy atom. The van der Waals surface area contributed by atoms with Crippen LogP contribution in [0.25, 0.3) is 0 Å². The molecule has 9 heteroatoms. The zero-order valence-electron chi connectivity index (χ0n) is 17.4. The van der Waals surface area contributed by atoms with E-state index in [-0.39, 0.29) is 19.8 Å². The average Bonchev–Trinajstić information content (AvgIpc) is 3.25. The van der Waals surface area contributed by atoms with E-state index in [0.29, 0.717) is 60.4 Å². The maximum atomic E-state index is 12.6. The first-order chi connectivity index (χ1) is 14.3. The van der Waals surface area contributed by atoms with Crippen molar-refractivity contribution in [1.29, 1.82) is 0 Å². The SMILES string of the molecule is Cc1cc2c(cc1S(O)(O)N1CCN(C(=O)CCC3CCCC3)CC1)OCC(=O)N2.[HH]. The standard InChI is InChI=1S/C21H31N3O5S.H2/c1-15-12-17-18(29-14-20(25)22-17)13-19(15)30(27,28)24-10-8-23(9-11-24)21(26)7-6-16-4-2-3-5-16;/h12-13,16,27-28H,2-11,14H2,1H3,(H,22,25);1H. The summed E-state index contributed by atoms with van der Waals surface area (Å²) in [4.78, 5) is 26.3. The second-order valence-electron chi connectivity index (χ2n) is 8.47. The summed E-state index contributed by atoms with van der Waals surface area (Å²) in [5, 5.41) is 2.73.